The maximum atomic E-state index is 12.2. The number of hydrazone groups is 1. The van der Waals surface area contributed by atoms with Crippen LogP contribution in [0.3, 0.4) is 0 Å². The van der Waals surface area contributed by atoms with E-state index in [0.29, 0.717) is 11.6 Å². The number of benzene rings is 1. The molecule has 8 nitrogen and oxygen atoms in total. The Hall–Kier alpha value is -2.65. The molecule has 1 amide bonds. The minimum atomic E-state index is -0.411. The summed E-state index contributed by atoms with van der Waals surface area (Å²) < 4.78 is 4.99. The molecule has 140 valence electrons. The number of hydrogen-bond donors (Lipinski definition) is 2. The maximum Gasteiger partial charge on any atom is 0.273 e. The van der Waals surface area contributed by atoms with Gasteiger partial charge in [-0.2, -0.15) is 5.10 Å². The Morgan fingerprint density at radius 2 is 2.19 bits per heavy atom. The Bertz CT molecular complexity index is 766. The van der Waals surface area contributed by atoms with Gasteiger partial charge in [-0.05, 0) is 13.3 Å². The van der Waals surface area contributed by atoms with Gasteiger partial charge < -0.3 is 15.9 Å². The molecule has 0 aliphatic rings. The molecule has 1 aromatic heterocycles. The number of nitrogens with zero attached hydrogens (tertiary/aromatic N) is 4. The summed E-state index contributed by atoms with van der Waals surface area (Å²) in [5, 5.41) is 16.0. The van der Waals surface area contributed by atoms with Gasteiger partial charge in [-0.3, -0.25) is 9.79 Å². The first-order valence-corrected chi connectivity index (χ1v) is 8.91. The highest BCUT2D eigenvalue weighted by Gasteiger charge is 2.12. The molecule has 0 unspecified atom stereocenters. The molecule has 2 rings (SSSR count). The van der Waals surface area contributed by atoms with Crippen LogP contribution in [0.15, 0.2) is 40.4 Å². The highest BCUT2D eigenvalue weighted by atomic mass is 32.1. The molecule has 0 spiro atoms. The largest absolute Gasteiger partial charge is 0.385 e. The summed E-state index contributed by atoms with van der Waals surface area (Å²) in [6.07, 6.45) is 2.13. The van der Waals surface area contributed by atoms with Crippen molar-refractivity contribution in [2.45, 2.75) is 25.9 Å². The molecule has 2 aromatic rings. The standard InChI is InChI=1S/C17H22N6O2S.H2/c1-12(8-9-25-2)19-10-14(21-18)16(24)20-11-15-22-23-17(26-15)13-6-4-3-5-7-13;/h3-7,10,12H,8-9,11,18H2,1-2H3,(H,20,24);1H/b19-10?,21-14+;/t12-;/m0./s1. The van der Waals surface area contributed by atoms with Gasteiger partial charge in [-0.25, -0.2) is 0 Å². The van der Waals surface area contributed by atoms with E-state index in [0.717, 1.165) is 17.0 Å². The van der Waals surface area contributed by atoms with Gasteiger partial charge in [0.2, 0.25) is 0 Å². The van der Waals surface area contributed by atoms with Crippen LogP contribution in [0.2, 0.25) is 0 Å². The van der Waals surface area contributed by atoms with E-state index in [4.69, 9.17) is 10.6 Å². The molecule has 3 N–H and O–H groups in total. The SMILES string of the molecule is COCC[C@H](C)N=C/C(=N\N)C(=O)NCc1nnc(-c2ccccc2)s1.[HH]. The third-order valence-corrected chi connectivity index (χ3v) is 4.42. The van der Waals surface area contributed by atoms with Gasteiger partial charge in [-0.1, -0.05) is 41.7 Å². The Morgan fingerprint density at radius 3 is 2.88 bits per heavy atom. The Balaban J connectivity index is 0.00000364. The molecule has 0 fully saturated rings. The fourth-order valence-corrected chi connectivity index (χ4v) is 2.77. The molecular weight excluding hydrogens is 352 g/mol. The normalized spacial score (nSPS) is 13.1. The molecule has 0 bridgehead atoms. The van der Waals surface area contributed by atoms with Crippen LogP contribution in [0, 0.1) is 0 Å². The van der Waals surface area contributed by atoms with Crippen LogP contribution in [-0.2, 0) is 16.1 Å². The molecular formula is C17H24N6O2S. The van der Waals surface area contributed by atoms with E-state index in [2.05, 4.69) is 25.6 Å². The van der Waals surface area contributed by atoms with Crippen LogP contribution in [-0.4, -0.2) is 47.8 Å². The van der Waals surface area contributed by atoms with E-state index >= 15 is 0 Å². The first-order chi connectivity index (χ1) is 12.6. The second-order valence-corrected chi connectivity index (χ2v) is 6.53. The molecule has 0 aliphatic carbocycles. The van der Waals surface area contributed by atoms with Gasteiger partial charge in [0.25, 0.3) is 5.91 Å². The first kappa shape index (κ1) is 19.7. The zero-order valence-electron chi connectivity index (χ0n) is 14.8. The summed E-state index contributed by atoms with van der Waals surface area (Å²) in [5.74, 6) is 4.88. The summed E-state index contributed by atoms with van der Waals surface area (Å²) in [7, 11) is 1.63. The average molecular weight is 376 g/mol. The van der Waals surface area contributed by atoms with Crippen LogP contribution >= 0.6 is 11.3 Å². The van der Waals surface area contributed by atoms with Crippen molar-refractivity contribution in [1.29, 1.82) is 0 Å². The van der Waals surface area contributed by atoms with Gasteiger partial charge in [-0.15, -0.1) is 10.2 Å². The fraction of sp³-hybridized carbons (Fsp3) is 0.353. The van der Waals surface area contributed by atoms with Crippen LogP contribution in [0.5, 0.6) is 0 Å². The number of amides is 1. The van der Waals surface area contributed by atoms with Crippen molar-refractivity contribution in [2.75, 3.05) is 13.7 Å². The quantitative estimate of drug-likeness (QED) is 0.394. The number of carbonyl (C=O) groups excluding carboxylic acids is 1. The summed E-state index contributed by atoms with van der Waals surface area (Å²) in [6.45, 7) is 2.77. The number of aromatic nitrogens is 2. The van der Waals surface area contributed by atoms with E-state index in [-0.39, 0.29) is 19.7 Å². The molecule has 0 radical (unpaired) electrons. The van der Waals surface area contributed by atoms with E-state index < -0.39 is 5.91 Å². The number of methoxy groups -OCH3 is 1. The number of ether oxygens (including phenoxy) is 1. The minimum Gasteiger partial charge on any atom is -0.385 e. The van der Waals surface area contributed by atoms with Crippen molar-refractivity contribution >= 4 is 29.2 Å². The third-order valence-electron chi connectivity index (χ3n) is 3.45. The lowest BCUT2D eigenvalue weighted by atomic mass is 10.2. The highest BCUT2D eigenvalue weighted by molar-refractivity contribution is 7.14. The van der Waals surface area contributed by atoms with Crippen molar-refractivity contribution < 1.29 is 11.0 Å². The van der Waals surface area contributed by atoms with Crippen molar-refractivity contribution in [3.63, 3.8) is 0 Å². The van der Waals surface area contributed by atoms with Crippen molar-refractivity contribution in [1.82, 2.24) is 15.5 Å². The summed E-state index contributed by atoms with van der Waals surface area (Å²) in [6, 6.07) is 9.75. The number of aliphatic imine (C=N–C) groups is 1. The predicted molar refractivity (Wildman–Crippen MR) is 105 cm³/mol. The van der Waals surface area contributed by atoms with Gasteiger partial charge >= 0.3 is 0 Å². The summed E-state index contributed by atoms with van der Waals surface area (Å²) in [5.41, 5.74) is 1.05. The summed E-state index contributed by atoms with van der Waals surface area (Å²) in [4.78, 5) is 16.4. The van der Waals surface area contributed by atoms with Crippen LogP contribution in [0.25, 0.3) is 10.6 Å². The molecule has 1 aromatic carbocycles. The molecule has 1 heterocycles. The van der Waals surface area contributed by atoms with E-state index in [1.165, 1.54) is 17.6 Å². The fourth-order valence-electron chi connectivity index (χ4n) is 1.98. The average Bonchev–Trinajstić information content (AvgIpc) is 3.15. The zero-order chi connectivity index (χ0) is 18.8. The lowest BCUT2D eigenvalue weighted by Crippen LogP contribution is -2.32. The van der Waals surface area contributed by atoms with Gasteiger partial charge in [0.15, 0.2) is 5.71 Å². The monoisotopic (exact) mass is 376 g/mol. The van der Waals surface area contributed by atoms with Gasteiger partial charge in [0, 0.05) is 26.7 Å². The number of nitrogens with one attached hydrogen (secondary N) is 1. The minimum absolute atomic E-state index is 0. The highest BCUT2D eigenvalue weighted by Crippen LogP contribution is 2.22. The van der Waals surface area contributed by atoms with Gasteiger partial charge in [0.05, 0.1) is 12.8 Å². The van der Waals surface area contributed by atoms with E-state index in [1.807, 2.05) is 37.3 Å². The van der Waals surface area contributed by atoms with Crippen molar-refractivity contribution in [2.24, 2.45) is 15.9 Å². The van der Waals surface area contributed by atoms with Crippen LogP contribution < -0.4 is 11.2 Å². The number of nitrogens with two attached hydrogens (primary N) is 1. The Labute approximate surface area is 157 Å². The number of carbonyl (C=O) groups is 1. The van der Waals surface area contributed by atoms with Crippen molar-refractivity contribution in [3.8, 4) is 10.6 Å². The van der Waals surface area contributed by atoms with E-state index in [1.54, 1.807) is 7.11 Å². The Morgan fingerprint density at radius 1 is 1.42 bits per heavy atom. The lowest BCUT2D eigenvalue weighted by molar-refractivity contribution is -0.114. The molecule has 1 atom stereocenters. The predicted octanol–water partition coefficient (Wildman–Crippen LogP) is 1.88. The summed E-state index contributed by atoms with van der Waals surface area (Å²) >= 11 is 1.42. The lowest BCUT2D eigenvalue weighted by Gasteiger charge is -2.05. The smallest absolute Gasteiger partial charge is 0.273 e. The zero-order valence-corrected chi connectivity index (χ0v) is 15.6. The van der Waals surface area contributed by atoms with Crippen molar-refractivity contribution in [3.05, 3.63) is 35.3 Å². The third kappa shape index (κ3) is 6.01. The Kier molecular flexibility index (Phi) is 7.84. The first-order valence-electron chi connectivity index (χ1n) is 8.10. The second-order valence-electron chi connectivity index (χ2n) is 5.47. The van der Waals surface area contributed by atoms with E-state index in [9.17, 15) is 4.79 Å². The topological polar surface area (TPSA) is 115 Å². The molecule has 0 saturated carbocycles. The number of rotatable bonds is 9. The second kappa shape index (κ2) is 10.4. The van der Waals surface area contributed by atoms with Gasteiger partial charge in [0.1, 0.15) is 10.0 Å². The molecule has 0 saturated heterocycles. The number of hydrogen-bond acceptors (Lipinski definition) is 8. The molecule has 26 heavy (non-hydrogen) atoms. The molecule has 9 heteroatoms. The van der Waals surface area contributed by atoms with Crippen LogP contribution in [0.4, 0.5) is 0 Å². The van der Waals surface area contributed by atoms with Crippen LogP contribution in [0.1, 0.15) is 19.8 Å². The maximum absolute atomic E-state index is 12.2. The molecule has 0 aliphatic heterocycles.